The number of halogens is 2. The topological polar surface area (TPSA) is 105 Å². The maximum Gasteiger partial charge on any atom is 0.316 e. The summed E-state index contributed by atoms with van der Waals surface area (Å²) in [7, 11) is 3.16. The summed E-state index contributed by atoms with van der Waals surface area (Å²) in [6, 6.07) is 1.39. The number of nitrogens with two attached hydrogens (primary N) is 1. The van der Waals surface area contributed by atoms with E-state index in [2.05, 4.69) is 30.2 Å². The van der Waals surface area contributed by atoms with Gasteiger partial charge in [0.05, 0.1) is 34.8 Å². The molecule has 8 nitrogen and oxygen atoms in total. The van der Waals surface area contributed by atoms with Crippen LogP contribution in [0.5, 0.6) is 6.01 Å². The molecule has 4 N–H and O–H groups in total. The Morgan fingerprint density at radius 1 is 1.22 bits per heavy atom. The average molecular weight is 439 g/mol. The van der Waals surface area contributed by atoms with Crippen molar-refractivity contribution in [3.8, 4) is 17.1 Å². The maximum absolute atomic E-state index is 15.2. The number of aromatic amines is 1. The van der Waals surface area contributed by atoms with Crippen LogP contribution in [0.15, 0.2) is 24.7 Å². The first-order valence-electron chi connectivity index (χ1n) is 10.4. The SMILES string of the molecule is CNc1cc(F)c(F)c2c1[nH]c1ncc(-c3cnc(OC)nc3)c(N3CCC(CN)C3)c12. The zero-order chi connectivity index (χ0) is 22.4. The summed E-state index contributed by atoms with van der Waals surface area (Å²) in [6.07, 6.45) is 5.90. The quantitative estimate of drug-likeness (QED) is 0.438. The molecule has 1 atom stereocenters. The summed E-state index contributed by atoms with van der Waals surface area (Å²) in [6.45, 7) is 2.02. The van der Waals surface area contributed by atoms with Gasteiger partial charge >= 0.3 is 6.01 Å². The number of ether oxygens (including phenoxy) is 1. The van der Waals surface area contributed by atoms with Crippen LogP contribution in [0.3, 0.4) is 0 Å². The zero-order valence-electron chi connectivity index (χ0n) is 17.7. The van der Waals surface area contributed by atoms with Crippen LogP contribution in [0.1, 0.15) is 6.42 Å². The van der Waals surface area contributed by atoms with Gasteiger partial charge in [0, 0.05) is 55.9 Å². The lowest BCUT2D eigenvalue weighted by molar-refractivity contribution is 0.380. The second kappa shape index (κ2) is 7.86. The van der Waals surface area contributed by atoms with Gasteiger partial charge in [-0.3, -0.25) is 0 Å². The van der Waals surface area contributed by atoms with Crippen molar-refractivity contribution < 1.29 is 13.5 Å². The van der Waals surface area contributed by atoms with E-state index >= 15 is 4.39 Å². The summed E-state index contributed by atoms with van der Waals surface area (Å²) in [5.41, 5.74) is 9.51. The first-order chi connectivity index (χ1) is 15.5. The van der Waals surface area contributed by atoms with Crippen molar-refractivity contribution in [1.82, 2.24) is 19.9 Å². The van der Waals surface area contributed by atoms with Crippen LogP contribution in [0.25, 0.3) is 33.1 Å². The number of hydrogen-bond acceptors (Lipinski definition) is 7. The van der Waals surface area contributed by atoms with Gasteiger partial charge in [0.25, 0.3) is 0 Å². The number of aromatic nitrogens is 4. The van der Waals surface area contributed by atoms with Crippen molar-refractivity contribution in [2.24, 2.45) is 11.7 Å². The Balaban J connectivity index is 1.85. The summed E-state index contributed by atoms with van der Waals surface area (Å²) >= 11 is 0. The van der Waals surface area contributed by atoms with E-state index in [4.69, 9.17) is 10.5 Å². The molecule has 0 aliphatic carbocycles. The molecule has 1 saturated heterocycles. The maximum atomic E-state index is 15.2. The van der Waals surface area contributed by atoms with Crippen LogP contribution in [0, 0.1) is 17.6 Å². The predicted octanol–water partition coefficient (Wildman–Crippen LogP) is 3.29. The molecule has 1 aliphatic heterocycles. The van der Waals surface area contributed by atoms with Crippen molar-refractivity contribution in [2.45, 2.75) is 6.42 Å². The lowest BCUT2D eigenvalue weighted by Gasteiger charge is -2.23. The molecule has 4 aromatic rings. The number of anilines is 2. The molecule has 1 unspecified atom stereocenters. The number of methoxy groups -OCH3 is 1. The smallest absolute Gasteiger partial charge is 0.316 e. The molecule has 1 fully saturated rings. The Hall–Kier alpha value is -3.53. The molecule has 0 bridgehead atoms. The highest BCUT2D eigenvalue weighted by Gasteiger charge is 2.29. The third-order valence-corrected chi connectivity index (χ3v) is 6.09. The molecule has 5 rings (SSSR count). The van der Waals surface area contributed by atoms with Crippen molar-refractivity contribution in [3.63, 3.8) is 0 Å². The number of fused-ring (bicyclic) bond motifs is 3. The molecule has 166 valence electrons. The molecular formula is C22H23F2N7O. The van der Waals surface area contributed by atoms with Gasteiger partial charge in [-0.1, -0.05) is 0 Å². The number of benzene rings is 1. The van der Waals surface area contributed by atoms with E-state index in [0.717, 1.165) is 30.3 Å². The number of nitrogens with zero attached hydrogens (tertiary/aromatic N) is 4. The van der Waals surface area contributed by atoms with Crippen LogP contribution in [0.4, 0.5) is 20.2 Å². The molecule has 0 spiro atoms. The number of nitrogens with one attached hydrogen (secondary N) is 2. The normalized spacial score (nSPS) is 16.3. The van der Waals surface area contributed by atoms with Gasteiger partial charge < -0.3 is 25.7 Å². The fourth-order valence-electron chi connectivity index (χ4n) is 4.47. The monoisotopic (exact) mass is 439 g/mol. The van der Waals surface area contributed by atoms with Gasteiger partial charge in [-0.25, -0.2) is 23.7 Å². The lowest BCUT2D eigenvalue weighted by Crippen LogP contribution is -2.23. The second-order valence-electron chi connectivity index (χ2n) is 7.88. The van der Waals surface area contributed by atoms with Crippen LogP contribution in [-0.2, 0) is 0 Å². The third kappa shape index (κ3) is 3.10. The van der Waals surface area contributed by atoms with Gasteiger partial charge in [-0.05, 0) is 18.9 Å². The minimum atomic E-state index is -0.923. The van der Waals surface area contributed by atoms with Crippen LogP contribution < -0.4 is 20.7 Å². The highest BCUT2D eigenvalue weighted by atomic mass is 19.2. The van der Waals surface area contributed by atoms with E-state index in [9.17, 15) is 4.39 Å². The average Bonchev–Trinajstić information content (AvgIpc) is 3.46. The molecule has 10 heteroatoms. The van der Waals surface area contributed by atoms with Crippen LogP contribution in [0.2, 0.25) is 0 Å². The third-order valence-electron chi connectivity index (χ3n) is 6.09. The number of hydrogen-bond donors (Lipinski definition) is 3. The van der Waals surface area contributed by atoms with Gasteiger partial charge in [-0.15, -0.1) is 0 Å². The number of rotatable bonds is 5. The summed E-state index contributed by atoms with van der Waals surface area (Å²) in [4.78, 5) is 18.3. The number of pyridine rings is 1. The molecule has 4 heterocycles. The van der Waals surface area contributed by atoms with Gasteiger partial charge in [0.2, 0.25) is 0 Å². The molecule has 1 aromatic carbocycles. The van der Waals surface area contributed by atoms with Crippen molar-refractivity contribution in [1.29, 1.82) is 0 Å². The van der Waals surface area contributed by atoms with Gasteiger partial charge in [0.1, 0.15) is 5.65 Å². The molecular weight excluding hydrogens is 416 g/mol. The first-order valence-corrected chi connectivity index (χ1v) is 10.4. The Morgan fingerprint density at radius 2 is 2.00 bits per heavy atom. The molecule has 32 heavy (non-hydrogen) atoms. The van der Waals surface area contributed by atoms with E-state index < -0.39 is 11.6 Å². The van der Waals surface area contributed by atoms with E-state index in [1.807, 2.05) is 0 Å². The minimum Gasteiger partial charge on any atom is -0.467 e. The highest BCUT2D eigenvalue weighted by Crippen LogP contribution is 2.44. The van der Waals surface area contributed by atoms with E-state index in [0.29, 0.717) is 46.8 Å². The van der Waals surface area contributed by atoms with E-state index in [1.54, 1.807) is 25.6 Å². The van der Waals surface area contributed by atoms with E-state index in [-0.39, 0.29) is 11.4 Å². The largest absolute Gasteiger partial charge is 0.467 e. The van der Waals surface area contributed by atoms with Crippen molar-refractivity contribution >= 4 is 33.3 Å². The summed E-state index contributed by atoms with van der Waals surface area (Å²) in [5.74, 6) is -1.52. The molecule has 3 aromatic heterocycles. The minimum absolute atomic E-state index is 0.166. The highest BCUT2D eigenvalue weighted by molar-refractivity contribution is 6.18. The van der Waals surface area contributed by atoms with Gasteiger partial charge in [-0.2, -0.15) is 0 Å². The Labute approximate surface area is 182 Å². The fraction of sp³-hybridized carbons (Fsp3) is 0.318. The van der Waals surface area contributed by atoms with Crippen molar-refractivity contribution in [2.75, 3.05) is 44.0 Å². The van der Waals surface area contributed by atoms with Crippen LogP contribution >= 0.6 is 0 Å². The standard InChI is InChI=1S/C22H23F2N7O/c1-26-15-5-14(23)18(24)16-17-20(31-4-3-11(6-25)10-31)13(9-27-21(17)30-19(15)16)12-7-28-22(32-2)29-8-12/h5,7-9,11,26H,3-4,6,10,25H2,1-2H3,(H,27,30). The lowest BCUT2D eigenvalue weighted by atomic mass is 10.0. The summed E-state index contributed by atoms with van der Waals surface area (Å²) < 4.78 is 34.8. The summed E-state index contributed by atoms with van der Waals surface area (Å²) in [5, 5.41) is 3.63. The fourth-order valence-corrected chi connectivity index (χ4v) is 4.47. The Bertz CT molecular complexity index is 1310. The molecule has 0 amide bonds. The van der Waals surface area contributed by atoms with Gasteiger partial charge in [0.15, 0.2) is 11.6 Å². The molecule has 1 aliphatic rings. The van der Waals surface area contributed by atoms with E-state index in [1.165, 1.54) is 7.11 Å². The number of H-pyrrole nitrogens is 1. The molecule has 0 radical (unpaired) electrons. The van der Waals surface area contributed by atoms with Crippen LogP contribution in [-0.4, -0.2) is 53.7 Å². The predicted molar refractivity (Wildman–Crippen MR) is 120 cm³/mol. The second-order valence-corrected chi connectivity index (χ2v) is 7.88. The van der Waals surface area contributed by atoms with Crippen molar-refractivity contribution in [3.05, 3.63) is 36.3 Å². The Morgan fingerprint density at radius 3 is 2.66 bits per heavy atom. The zero-order valence-corrected chi connectivity index (χ0v) is 17.7. The Kier molecular flexibility index (Phi) is 5.01. The first kappa shape index (κ1) is 20.4. The molecule has 0 saturated carbocycles.